The summed E-state index contributed by atoms with van der Waals surface area (Å²) in [5.74, 6) is 0. The molecule has 7 heteroatoms. The Morgan fingerprint density at radius 2 is 1.75 bits per heavy atom. The molecule has 4 nitrogen and oxygen atoms in total. The van der Waals surface area contributed by atoms with Crippen LogP contribution in [0.3, 0.4) is 0 Å². The summed E-state index contributed by atoms with van der Waals surface area (Å²) in [6.07, 6.45) is 0. The SMILES string of the molecule is Cc1cc(Cl)c(NS(=O)(=O)c2ccccc2N)cc1Cl. The molecule has 0 aliphatic carbocycles. The lowest BCUT2D eigenvalue weighted by Crippen LogP contribution is -2.15. The second-order valence-corrected chi connectivity index (χ2v) is 6.69. The number of benzene rings is 2. The van der Waals surface area contributed by atoms with Crippen molar-refractivity contribution in [3.63, 3.8) is 0 Å². The van der Waals surface area contributed by atoms with Crippen molar-refractivity contribution in [2.75, 3.05) is 10.5 Å². The van der Waals surface area contributed by atoms with Gasteiger partial charge in [0.1, 0.15) is 4.90 Å². The third-order valence-electron chi connectivity index (χ3n) is 2.70. The summed E-state index contributed by atoms with van der Waals surface area (Å²) in [4.78, 5) is -0.00670. The van der Waals surface area contributed by atoms with Gasteiger partial charge in [0.25, 0.3) is 10.0 Å². The Balaban J connectivity index is 2.44. The number of nitrogens with two attached hydrogens (primary N) is 1. The van der Waals surface area contributed by atoms with E-state index in [1.165, 1.54) is 18.2 Å². The average molecular weight is 331 g/mol. The highest BCUT2D eigenvalue weighted by Gasteiger charge is 2.18. The maximum absolute atomic E-state index is 12.3. The van der Waals surface area contributed by atoms with E-state index in [0.717, 1.165) is 5.56 Å². The number of hydrogen-bond donors (Lipinski definition) is 2. The van der Waals surface area contributed by atoms with Gasteiger partial charge in [0, 0.05) is 5.02 Å². The molecule has 3 N–H and O–H groups in total. The number of nitrogens with one attached hydrogen (secondary N) is 1. The number of sulfonamides is 1. The van der Waals surface area contributed by atoms with E-state index in [9.17, 15) is 8.42 Å². The fourth-order valence-electron chi connectivity index (χ4n) is 1.65. The topological polar surface area (TPSA) is 72.2 Å². The van der Waals surface area contributed by atoms with Gasteiger partial charge in [-0.3, -0.25) is 4.72 Å². The van der Waals surface area contributed by atoms with Gasteiger partial charge in [-0.1, -0.05) is 35.3 Å². The van der Waals surface area contributed by atoms with Gasteiger partial charge in [-0.05, 0) is 36.8 Å². The highest BCUT2D eigenvalue weighted by molar-refractivity contribution is 7.92. The zero-order chi connectivity index (χ0) is 14.9. The van der Waals surface area contributed by atoms with Gasteiger partial charge in [-0.15, -0.1) is 0 Å². The summed E-state index contributed by atoms with van der Waals surface area (Å²) in [6, 6.07) is 9.24. The summed E-state index contributed by atoms with van der Waals surface area (Å²) >= 11 is 12.0. The first-order valence-corrected chi connectivity index (χ1v) is 7.88. The second kappa shape index (κ2) is 5.52. The van der Waals surface area contributed by atoms with Crippen LogP contribution in [0.1, 0.15) is 5.56 Å². The van der Waals surface area contributed by atoms with Gasteiger partial charge in [-0.2, -0.15) is 0 Å². The van der Waals surface area contributed by atoms with Crippen molar-refractivity contribution in [3.8, 4) is 0 Å². The molecule has 0 spiro atoms. The minimum absolute atomic E-state index is 0.00670. The van der Waals surface area contributed by atoms with Gasteiger partial charge in [0.15, 0.2) is 0 Å². The molecule has 0 saturated heterocycles. The predicted octanol–water partition coefficient (Wildman–Crippen LogP) is 3.68. The van der Waals surface area contributed by atoms with Crippen LogP contribution >= 0.6 is 23.2 Å². The third kappa shape index (κ3) is 3.00. The molecule has 0 fully saturated rings. The Hall–Kier alpha value is -1.43. The van der Waals surface area contributed by atoms with Crippen molar-refractivity contribution in [3.05, 3.63) is 52.0 Å². The smallest absolute Gasteiger partial charge is 0.263 e. The number of anilines is 2. The Bertz CT molecular complexity index is 761. The van der Waals surface area contributed by atoms with Crippen LogP contribution in [0.25, 0.3) is 0 Å². The van der Waals surface area contributed by atoms with E-state index in [1.54, 1.807) is 25.1 Å². The zero-order valence-electron chi connectivity index (χ0n) is 10.5. The van der Waals surface area contributed by atoms with Crippen molar-refractivity contribution in [1.29, 1.82) is 0 Å². The first-order valence-electron chi connectivity index (χ1n) is 5.64. The normalized spacial score (nSPS) is 11.3. The fourth-order valence-corrected chi connectivity index (χ4v) is 3.34. The number of halogens is 2. The number of para-hydroxylation sites is 1. The van der Waals surface area contributed by atoms with Crippen LogP contribution in [0.5, 0.6) is 0 Å². The number of nitrogen functional groups attached to an aromatic ring is 1. The molecule has 0 aliphatic rings. The molecule has 2 aromatic carbocycles. The van der Waals surface area contributed by atoms with Crippen molar-refractivity contribution in [1.82, 2.24) is 0 Å². The predicted molar refractivity (Wildman–Crippen MR) is 82.9 cm³/mol. The summed E-state index contributed by atoms with van der Waals surface area (Å²) in [7, 11) is -3.81. The molecule has 0 amide bonds. The summed E-state index contributed by atoms with van der Waals surface area (Å²) in [5, 5.41) is 0.693. The van der Waals surface area contributed by atoms with Crippen LogP contribution in [0, 0.1) is 6.92 Å². The van der Waals surface area contributed by atoms with Crippen LogP contribution < -0.4 is 10.5 Å². The molecule has 0 aliphatic heterocycles. The maximum Gasteiger partial charge on any atom is 0.263 e. The van der Waals surface area contributed by atoms with Gasteiger partial charge in [0.05, 0.1) is 16.4 Å². The van der Waals surface area contributed by atoms with Gasteiger partial charge in [-0.25, -0.2) is 8.42 Å². The first-order chi connectivity index (χ1) is 9.31. The lowest BCUT2D eigenvalue weighted by Gasteiger charge is -2.12. The van der Waals surface area contributed by atoms with E-state index in [-0.39, 0.29) is 21.3 Å². The van der Waals surface area contributed by atoms with Crippen LogP contribution in [-0.2, 0) is 10.0 Å². The molecule has 0 unspecified atom stereocenters. The molecule has 0 heterocycles. The minimum atomic E-state index is -3.81. The summed E-state index contributed by atoms with van der Waals surface area (Å²) in [5.41, 5.74) is 6.81. The lowest BCUT2D eigenvalue weighted by molar-refractivity contribution is 0.601. The molecule has 0 atom stereocenters. The summed E-state index contributed by atoms with van der Waals surface area (Å²) < 4.78 is 26.9. The second-order valence-electron chi connectivity index (χ2n) is 4.22. The summed E-state index contributed by atoms with van der Waals surface area (Å²) in [6.45, 7) is 1.78. The van der Waals surface area contributed by atoms with E-state index in [4.69, 9.17) is 28.9 Å². The van der Waals surface area contributed by atoms with Crippen molar-refractivity contribution in [2.45, 2.75) is 11.8 Å². The lowest BCUT2D eigenvalue weighted by atomic mass is 10.2. The third-order valence-corrected chi connectivity index (χ3v) is 4.86. The van der Waals surface area contributed by atoms with Gasteiger partial charge in [0.2, 0.25) is 0 Å². The zero-order valence-corrected chi connectivity index (χ0v) is 12.9. The van der Waals surface area contributed by atoms with Crippen LogP contribution in [0.15, 0.2) is 41.3 Å². The molecule has 2 aromatic rings. The molecule has 0 saturated carbocycles. The molecule has 20 heavy (non-hydrogen) atoms. The van der Waals surface area contributed by atoms with Crippen molar-refractivity contribution >= 4 is 44.6 Å². The molecule has 0 aromatic heterocycles. The number of rotatable bonds is 3. The van der Waals surface area contributed by atoms with Gasteiger partial charge < -0.3 is 5.73 Å². The van der Waals surface area contributed by atoms with E-state index in [0.29, 0.717) is 5.02 Å². The van der Waals surface area contributed by atoms with E-state index >= 15 is 0 Å². The monoisotopic (exact) mass is 330 g/mol. The Labute approximate surface area is 127 Å². The van der Waals surface area contributed by atoms with E-state index < -0.39 is 10.0 Å². The highest BCUT2D eigenvalue weighted by Crippen LogP contribution is 2.31. The van der Waals surface area contributed by atoms with E-state index in [1.807, 2.05) is 0 Å². The quantitative estimate of drug-likeness (QED) is 0.843. The molecule has 0 radical (unpaired) electrons. The van der Waals surface area contributed by atoms with Crippen LogP contribution in [0.4, 0.5) is 11.4 Å². The highest BCUT2D eigenvalue weighted by atomic mass is 35.5. The Morgan fingerprint density at radius 3 is 2.40 bits per heavy atom. The van der Waals surface area contributed by atoms with Gasteiger partial charge >= 0.3 is 0 Å². The Kier molecular flexibility index (Phi) is 4.13. The largest absolute Gasteiger partial charge is 0.398 e. The molecule has 0 bridgehead atoms. The van der Waals surface area contributed by atoms with Crippen LogP contribution in [0.2, 0.25) is 10.0 Å². The van der Waals surface area contributed by atoms with Crippen molar-refractivity contribution < 1.29 is 8.42 Å². The molecular formula is C13H12Cl2N2O2S. The maximum atomic E-state index is 12.3. The first kappa shape index (κ1) is 15.0. The average Bonchev–Trinajstić information content (AvgIpc) is 2.36. The molecule has 106 valence electrons. The fraction of sp³-hybridized carbons (Fsp3) is 0.0769. The standard InChI is InChI=1S/C13H12Cl2N2O2S/c1-8-6-10(15)12(7-9(8)14)17-20(18,19)13-5-3-2-4-11(13)16/h2-7,17H,16H2,1H3. The molecule has 2 rings (SSSR count). The minimum Gasteiger partial charge on any atom is -0.398 e. The van der Waals surface area contributed by atoms with Crippen molar-refractivity contribution in [2.24, 2.45) is 0 Å². The molecular weight excluding hydrogens is 319 g/mol. The number of aryl methyl sites for hydroxylation is 1. The van der Waals surface area contributed by atoms with Crippen LogP contribution in [-0.4, -0.2) is 8.42 Å². The number of hydrogen-bond acceptors (Lipinski definition) is 3. The Morgan fingerprint density at radius 1 is 1.10 bits per heavy atom. The van der Waals surface area contributed by atoms with E-state index in [2.05, 4.69) is 4.72 Å².